The summed E-state index contributed by atoms with van der Waals surface area (Å²) < 4.78 is 11.8. The van der Waals surface area contributed by atoms with Gasteiger partial charge in [0.05, 0.1) is 11.6 Å². The smallest absolute Gasteiger partial charge is 0.252 e. The Kier molecular flexibility index (Phi) is 4.86. The first-order chi connectivity index (χ1) is 9.25. The van der Waals surface area contributed by atoms with Gasteiger partial charge in [-0.3, -0.25) is 9.00 Å². The van der Waals surface area contributed by atoms with Gasteiger partial charge in [0.15, 0.2) is 0 Å². The third-order valence-electron chi connectivity index (χ3n) is 2.60. The van der Waals surface area contributed by atoms with Crippen molar-refractivity contribution in [2.24, 2.45) is 0 Å². The van der Waals surface area contributed by atoms with E-state index in [4.69, 9.17) is 0 Å². The van der Waals surface area contributed by atoms with Crippen LogP contribution in [-0.2, 0) is 16.6 Å². The maximum Gasteiger partial charge on any atom is 0.252 e. The molecule has 1 atom stereocenters. The second-order valence-corrected chi connectivity index (χ2v) is 5.54. The molecule has 4 heteroatoms. The van der Waals surface area contributed by atoms with E-state index in [-0.39, 0.29) is 11.8 Å². The van der Waals surface area contributed by atoms with Crippen LogP contribution in [0.3, 0.4) is 0 Å². The van der Waals surface area contributed by atoms with Crippen LogP contribution in [0.5, 0.6) is 0 Å². The lowest BCUT2D eigenvalue weighted by Gasteiger charge is -2.05. The summed E-state index contributed by atoms with van der Waals surface area (Å²) in [5.74, 6) is 0.431. The zero-order valence-electron chi connectivity index (χ0n) is 10.4. The van der Waals surface area contributed by atoms with Crippen LogP contribution in [0.1, 0.15) is 15.9 Å². The van der Waals surface area contributed by atoms with Crippen molar-refractivity contribution in [3.63, 3.8) is 0 Å². The Balaban J connectivity index is 1.83. The summed E-state index contributed by atoms with van der Waals surface area (Å²) in [7, 11) is -1.10. The monoisotopic (exact) mass is 273 g/mol. The van der Waals surface area contributed by atoms with E-state index >= 15 is 0 Å². The van der Waals surface area contributed by atoms with Crippen LogP contribution in [0, 0.1) is 0 Å². The highest BCUT2D eigenvalue weighted by Crippen LogP contribution is 2.03. The minimum Gasteiger partial charge on any atom is -0.340 e. The van der Waals surface area contributed by atoms with Crippen LogP contribution in [0.25, 0.3) is 0 Å². The zero-order valence-corrected chi connectivity index (χ0v) is 11.2. The molecule has 0 radical (unpaired) electrons. The number of carbonyl (C=O) groups excluding carboxylic acids is 1. The molecule has 0 aliphatic rings. The molecule has 19 heavy (non-hydrogen) atoms. The van der Waals surface area contributed by atoms with Crippen LogP contribution in [0.15, 0.2) is 60.7 Å². The number of amides is 1. The molecule has 0 fully saturated rings. The maximum atomic E-state index is 11.8. The maximum absolute atomic E-state index is 11.8. The van der Waals surface area contributed by atoms with Crippen molar-refractivity contribution in [1.82, 2.24) is 5.32 Å². The third-order valence-corrected chi connectivity index (χ3v) is 3.72. The van der Waals surface area contributed by atoms with Gasteiger partial charge >= 0.3 is 0 Å². The van der Waals surface area contributed by atoms with Crippen molar-refractivity contribution in [2.45, 2.75) is 5.75 Å². The summed E-state index contributed by atoms with van der Waals surface area (Å²) in [5, 5.41) is 2.68. The highest BCUT2D eigenvalue weighted by atomic mass is 32.2. The molecule has 0 aliphatic heterocycles. The van der Waals surface area contributed by atoms with E-state index in [1.807, 2.05) is 36.4 Å². The Morgan fingerprint density at radius 2 is 1.53 bits per heavy atom. The fourth-order valence-corrected chi connectivity index (χ4v) is 2.61. The van der Waals surface area contributed by atoms with Crippen LogP contribution >= 0.6 is 0 Å². The fourth-order valence-electron chi connectivity index (χ4n) is 1.65. The first kappa shape index (κ1) is 13.5. The molecule has 2 aromatic rings. The van der Waals surface area contributed by atoms with Gasteiger partial charge in [-0.25, -0.2) is 0 Å². The van der Waals surface area contributed by atoms with Crippen LogP contribution in [0.4, 0.5) is 0 Å². The van der Waals surface area contributed by atoms with Crippen LogP contribution in [-0.4, -0.2) is 16.0 Å². The van der Waals surface area contributed by atoms with Gasteiger partial charge in [-0.2, -0.15) is 0 Å². The van der Waals surface area contributed by atoms with E-state index in [2.05, 4.69) is 5.32 Å². The lowest BCUT2D eigenvalue weighted by Crippen LogP contribution is -2.27. The van der Waals surface area contributed by atoms with Crippen LogP contribution < -0.4 is 5.32 Å². The Hall–Kier alpha value is -1.94. The highest BCUT2D eigenvalue weighted by Gasteiger charge is 2.06. The lowest BCUT2D eigenvalue weighted by molar-refractivity contribution is 0.0960. The SMILES string of the molecule is O=C(NCS(=O)Cc1ccccc1)c1ccccc1. The number of carbonyl (C=O) groups is 1. The number of benzene rings is 2. The average Bonchev–Trinajstić information content (AvgIpc) is 2.47. The molecule has 2 aromatic carbocycles. The van der Waals surface area contributed by atoms with Crippen molar-refractivity contribution in [2.75, 3.05) is 5.88 Å². The predicted molar refractivity (Wildman–Crippen MR) is 77.1 cm³/mol. The Bertz CT molecular complexity index is 555. The van der Waals surface area contributed by atoms with Crippen molar-refractivity contribution in [3.8, 4) is 0 Å². The molecule has 0 aromatic heterocycles. The summed E-state index contributed by atoms with van der Waals surface area (Å²) in [5.41, 5.74) is 1.59. The van der Waals surface area contributed by atoms with E-state index in [0.29, 0.717) is 11.3 Å². The minimum atomic E-state index is -1.10. The third kappa shape index (κ3) is 4.34. The van der Waals surface area contributed by atoms with E-state index in [9.17, 15) is 9.00 Å². The summed E-state index contributed by atoms with van der Waals surface area (Å²) in [6.07, 6.45) is 0. The normalized spacial score (nSPS) is 11.8. The standard InChI is InChI=1S/C15H15NO2S/c17-15(14-9-5-2-6-10-14)16-12-19(18)11-13-7-3-1-4-8-13/h1-10H,11-12H2,(H,16,17). The first-order valence-corrected chi connectivity index (χ1v) is 7.46. The average molecular weight is 273 g/mol. The molecule has 1 N–H and O–H groups in total. The predicted octanol–water partition coefficient (Wildman–Crippen LogP) is 2.32. The second-order valence-electron chi connectivity index (χ2n) is 4.09. The number of hydrogen-bond donors (Lipinski definition) is 1. The molecule has 2 rings (SSSR count). The molecule has 3 nitrogen and oxygen atoms in total. The van der Waals surface area contributed by atoms with E-state index in [1.54, 1.807) is 24.3 Å². The second kappa shape index (κ2) is 6.85. The molecule has 0 saturated carbocycles. The lowest BCUT2D eigenvalue weighted by atomic mass is 10.2. The molecule has 0 aliphatic carbocycles. The summed E-state index contributed by atoms with van der Waals surface area (Å²) in [6, 6.07) is 18.5. The summed E-state index contributed by atoms with van der Waals surface area (Å²) >= 11 is 0. The van der Waals surface area contributed by atoms with Gasteiger partial charge in [-0.1, -0.05) is 48.5 Å². The molecule has 0 bridgehead atoms. The van der Waals surface area contributed by atoms with Gasteiger partial charge in [0.25, 0.3) is 5.91 Å². The van der Waals surface area contributed by atoms with Gasteiger partial charge in [-0.05, 0) is 17.7 Å². The minimum absolute atomic E-state index is 0.169. The van der Waals surface area contributed by atoms with E-state index in [1.165, 1.54) is 0 Å². The largest absolute Gasteiger partial charge is 0.340 e. The Morgan fingerprint density at radius 3 is 2.16 bits per heavy atom. The topological polar surface area (TPSA) is 46.2 Å². The molecular formula is C15H15NO2S. The molecule has 1 amide bonds. The quantitative estimate of drug-likeness (QED) is 0.908. The molecule has 0 spiro atoms. The highest BCUT2D eigenvalue weighted by molar-refractivity contribution is 7.84. The summed E-state index contributed by atoms with van der Waals surface area (Å²) in [6.45, 7) is 0. The van der Waals surface area contributed by atoms with E-state index in [0.717, 1.165) is 5.56 Å². The fraction of sp³-hybridized carbons (Fsp3) is 0.133. The van der Waals surface area contributed by atoms with Crippen molar-refractivity contribution >= 4 is 16.7 Å². The molecule has 0 heterocycles. The Labute approximate surface area is 115 Å². The Morgan fingerprint density at radius 1 is 0.947 bits per heavy atom. The van der Waals surface area contributed by atoms with E-state index < -0.39 is 10.8 Å². The molecule has 0 saturated heterocycles. The van der Waals surface area contributed by atoms with Gasteiger partial charge in [-0.15, -0.1) is 0 Å². The number of rotatable bonds is 5. The number of hydrogen-bond acceptors (Lipinski definition) is 2. The van der Waals surface area contributed by atoms with Gasteiger partial charge in [0, 0.05) is 16.4 Å². The molecular weight excluding hydrogens is 258 g/mol. The van der Waals surface area contributed by atoms with Gasteiger partial charge in [0.1, 0.15) is 0 Å². The van der Waals surface area contributed by atoms with Crippen molar-refractivity contribution < 1.29 is 9.00 Å². The molecule has 1 unspecified atom stereocenters. The van der Waals surface area contributed by atoms with Crippen molar-refractivity contribution in [1.29, 1.82) is 0 Å². The van der Waals surface area contributed by atoms with Crippen molar-refractivity contribution in [3.05, 3.63) is 71.8 Å². The van der Waals surface area contributed by atoms with Crippen LogP contribution in [0.2, 0.25) is 0 Å². The number of nitrogens with one attached hydrogen (secondary N) is 1. The zero-order chi connectivity index (χ0) is 13.5. The summed E-state index contributed by atoms with van der Waals surface area (Å²) in [4.78, 5) is 11.8. The first-order valence-electron chi connectivity index (χ1n) is 5.98. The van der Waals surface area contributed by atoms with Gasteiger partial charge in [0.2, 0.25) is 0 Å². The molecule has 98 valence electrons. The van der Waals surface area contributed by atoms with Gasteiger partial charge < -0.3 is 5.32 Å².